The van der Waals surface area contributed by atoms with Gasteiger partial charge < -0.3 is 10.4 Å². The Balaban J connectivity index is 1.55. The van der Waals surface area contributed by atoms with Crippen LogP contribution in [0.1, 0.15) is 43.6 Å². The summed E-state index contributed by atoms with van der Waals surface area (Å²) in [5.74, 6) is -0.482. The molecule has 0 saturated heterocycles. The summed E-state index contributed by atoms with van der Waals surface area (Å²) in [5, 5.41) is 26.8. The molecular formula is C23H24N6O2. The molecule has 8 nitrogen and oxygen atoms in total. The molecule has 1 aliphatic carbocycles. The Hall–Kier alpha value is -3.73. The Morgan fingerprint density at radius 2 is 1.84 bits per heavy atom. The van der Waals surface area contributed by atoms with Gasteiger partial charge >= 0.3 is 5.97 Å². The van der Waals surface area contributed by atoms with Gasteiger partial charge in [-0.15, -0.1) is 0 Å². The zero-order valence-corrected chi connectivity index (χ0v) is 17.7. The first-order valence-electron chi connectivity index (χ1n) is 10.1. The van der Waals surface area contributed by atoms with Gasteiger partial charge in [-0.25, -0.2) is 14.8 Å². The van der Waals surface area contributed by atoms with Crippen LogP contribution in [0.2, 0.25) is 0 Å². The summed E-state index contributed by atoms with van der Waals surface area (Å²) in [4.78, 5) is 20.6. The third-order valence-electron chi connectivity index (χ3n) is 5.50. The Bertz CT molecular complexity index is 1130. The zero-order chi connectivity index (χ0) is 22.2. The Labute approximate surface area is 180 Å². The predicted octanol–water partition coefficient (Wildman–Crippen LogP) is 3.46. The summed E-state index contributed by atoms with van der Waals surface area (Å²) in [6.45, 7) is 5.47. The first-order chi connectivity index (χ1) is 14.8. The number of rotatable bonds is 5. The molecule has 0 fully saturated rings. The van der Waals surface area contributed by atoms with E-state index in [1.807, 2.05) is 39.0 Å². The van der Waals surface area contributed by atoms with Gasteiger partial charge in [-0.2, -0.15) is 10.4 Å². The molecule has 1 unspecified atom stereocenters. The number of hydrogen-bond donors (Lipinski definition) is 2. The van der Waals surface area contributed by atoms with E-state index >= 15 is 0 Å². The van der Waals surface area contributed by atoms with Crippen molar-refractivity contribution in [3.63, 3.8) is 0 Å². The SMILES string of the molecule is CC(C)(C)C(C(=O)O)n1cc(-c2cnc(NC3Cc4ccccc4C3)nc2)c(C#N)n1. The molecule has 4 rings (SSSR count). The standard InChI is InChI=1S/C23H24N6O2/c1-23(2,3)20(21(30)31)29-13-18(19(10-24)28-29)16-11-25-22(26-12-16)27-17-8-14-6-4-5-7-15(14)9-17/h4-7,11-13,17,20H,8-9H2,1-3H3,(H,30,31)(H,25,26,27). The van der Waals surface area contributed by atoms with Gasteiger partial charge in [0.15, 0.2) is 11.7 Å². The van der Waals surface area contributed by atoms with Crippen LogP contribution in [0.25, 0.3) is 11.1 Å². The number of carboxylic acid groups (broad SMARTS) is 1. The van der Waals surface area contributed by atoms with Crippen LogP contribution in [-0.2, 0) is 17.6 Å². The molecule has 1 atom stereocenters. The van der Waals surface area contributed by atoms with E-state index in [0.29, 0.717) is 17.1 Å². The molecule has 2 heterocycles. The van der Waals surface area contributed by atoms with Gasteiger partial charge in [-0.1, -0.05) is 45.0 Å². The molecule has 0 saturated carbocycles. The second kappa shape index (κ2) is 7.84. The fourth-order valence-corrected chi connectivity index (χ4v) is 4.08. The summed E-state index contributed by atoms with van der Waals surface area (Å²) in [6, 6.07) is 9.77. The van der Waals surface area contributed by atoms with Crippen molar-refractivity contribution >= 4 is 11.9 Å². The maximum absolute atomic E-state index is 11.8. The minimum absolute atomic E-state index is 0.144. The highest BCUT2D eigenvalue weighted by molar-refractivity contribution is 5.74. The number of nitriles is 1. The van der Waals surface area contributed by atoms with Gasteiger partial charge in [0.25, 0.3) is 0 Å². The van der Waals surface area contributed by atoms with E-state index in [-0.39, 0.29) is 11.7 Å². The van der Waals surface area contributed by atoms with Crippen LogP contribution in [0.5, 0.6) is 0 Å². The monoisotopic (exact) mass is 416 g/mol. The molecule has 0 aliphatic heterocycles. The summed E-state index contributed by atoms with van der Waals surface area (Å²) >= 11 is 0. The van der Waals surface area contributed by atoms with Crippen LogP contribution in [0, 0.1) is 16.7 Å². The van der Waals surface area contributed by atoms with E-state index in [0.717, 1.165) is 12.8 Å². The Morgan fingerprint density at radius 3 is 2.35 bits per heavy atom. The lowest BCUT2D eigenvalue weighted by Gasteiger charge is -2.27. The number of aliphatic carboxylic acids is 1. The lowest BCUT2D eigenvalue weighted by atomic mass is 9.87. The van der Waals surface area contributed by atoms with Gasteiger partial charge in [0.1, 0.15) is 6.07 Å². The van der Waals surface area contributed by atoms with Crippen molar-refractivity contribution in [1.29, 1.82) is 5.26 Å². The maximum atomic E-state index is 11.8. The molecule has 0 amide bonds. The highest BCUT2D eigenvalue weighted by Gasteiger charge is 2.34. The molecule has 0 spiro atoms. The molecule has 8 heteroatoms. The Morgan fingerprint density at radius 1 is 1.23 bits per heavy atom. The molecule has 0 bridgehead atoms. The summed E-state index contributed by atoms with van der Waals surface area (Å²) in [7, 11) is 0. The van der Waals surface area contributed by atoms with Crippen molar-refractivity contribution in [2.24, 2.45) is 5.41 Å². The quantitative estimate of drug-likeness (QED) is 0.654. The second-order valence-corrected chi connectivity index (χ2v) is 8.90. The fraction of sp³-hybridized carbons (Fsp3) is 0.348. The molecule has 2 N–H and O–H groups in total. The molecule has 158 valence electrons. The van der Waals surface area contributed by atoms with Crippen LogP contribution in [0.3, 0.4) is 0 Å². The number of aromatic nitrogens is 4. The first kappa shape index (κ1) is 20.5. The zero-order valence-electron chi connectivity index (χ0n) is 17.7. The predicted molar refractivity (Wildman–Crippen MR) is 115 cm³/mol. The van der Waals surface area contributed by atoms with Gasteiger partial charge in [-0.05, 0) is 29.4 Å². The minimum atomic E-state index is -1.00. The van der Waals surface area contributed by atoms with Crippen molar-refractivity contribution in [1.82, 2.24) is 19.7 Å². The molecule has 2 aromatic heterocycles. The molecule has 1 aliphatic rings. The number of fused-ring (bicyclic) bond motifs is 1. The van der Waals surface area contributed by atoms with Crippen LogP contribution in [0.15, 0.2) is 42.9 Å². The van der Waals surface area contributed by atoms with Gasteiger partial charge in [0.05, 0.1) is 0 Å². The second-order valence-electron chi connectivity index (χ2n) is 8.90. The Kier molecular flexibility index (Phi) is 5.19. The van der Waals surface area contributed by atoms with Crippen molar-refractivity contribution in [3.8, 4) is 17.2 Å². The number of hydrogen-bond acceptors (Lipinski definition) is 6. The first-order valence-corrected chi connectivity index (χ1v) is 10.1. The van der Waals surface area contributed by atoms with Crippen molar-refractivity contribution < 1.29 is 9.90 Å². The average molecular weight is 416 g/mol. The normalized spacial score (nSPS) is 14.6. The van der Waals surface area contributed by atoms with E-state index in [4.69, 9.17) is 0 Å². The van der Waals surface area contributed by atoms with E-state index < -0.39 is 17.4 Å². The third kappa shape index (κ3) is 4.12. The van der Waals surface area contributed by atoms with E-state index in [2.05, 4.69) is 32.5 Å². The number of nitrogens with zero attached hydrogens (tertiary/aromatic N) is 5. The summed E-state index contributed by atoms with van der Waals surface area (Å²) in [6.07, 6.45) is 6.70. The number of anilines is 1. The molecule has 0 radical (unpaired) electrons. The van der Waals surface area contributed by atoms with Gasteiger partial charge in [0.2, 0.25) is 5.95 Å². The number of carboxylic acids is 1. The number of carbonyl (C=O) groups is 1. The highest BCUT2D eigenvalue weighted by Crippen LogP contribution is 2.33. The van der Waals surface area contributed by atoms with Crippen LogP contribution < -0.4 is 5.32 Å². The minimum Gasteiger partial charge on any atom is -0.480 e. The van der Waals surface area contributed by atoms with Crippen LogP contribution >= 0.6 is 0 Å². The molecular weight excluding hydrogens is 392 g/mol. The number of nitrogens with one attached hydrogen (secondary N) is 1. The van der Waals surface area contributed by atoms with Crippen molar-refractivity contribution in [2.75, 3.05) is 5.32 Å². The molecule has 1 aromatic carbocycles. The van der Waals surface area contributed by atoms with E-state index in [1.54, 1.807) is 18.6 Å². The maximum Gasteiger partial charge on any atom is 0.329 e. The lowest BCUT2D eigenvalue weighted by molar-refractivity contribution is -0.144. The van der Waals surface area contributed by atoms with E-state index in [9.17, 15) is 15.2 Å². The smallest absolute Gasteiger partial charge is 0.329 e. The van der Waals surface area contributed by atoms with Crippen LogP contribution in [0.4, 0.5) is 5.95 Å². The summed E-state index contributed by atoms with van der Waals surface area (Å²) < 4.78 is 1.35. The molecule has 31 heavy (non-hydrogen) atoms. The van der Waals surface area contributed by atoms with Crippen molar-refractivity contribution in [2.45, 2.75) is 45.7 Å². The summed E-state index contributed by atoms with van der Waals surface area (Å²) in [5.41, 5.74) is 3.37. The van der Waals surface area contributed by atoms with Crippen molar-refractivity contribution in [3.05, 3.63) is 59.7 Å². The lowest BCUT2D eigenvalue weighted by Crippen LogP contribution is -2.31. The topological polar surface area (TPSA) is 117 Å². The number of benzene rings is 1. The van der Waals surface area contributed by atoms with Gasteiger partial charge in [-0.3, -0.25) is 4.68 Å². The average Bonchev–Trinajstić information content (AvgIpc) is 3.30. The highest BCUT2D eigenvalue weighted by atomic mass is 16.4. The third-order valence-corrected chi connectivity index (χ3v) is 5.50. The fourth-order valence-electron chi connectivity index (χ4n) is 4.08. The van der Waals surface area contributed by atoms with Crippen LogP contribution in [-0.4, -0.2) is 36.9 Å². The molecule has 3 aromatic rings. The van der Waals surface area contributed by atoms with Gasteiger partial charge in [0, 0.05) is 35.8 Å². The van der Waals surface area contributed by atoms with E-state index in [1.165, 1.54) is 15.8 Å². The largest absolute Gasteiger partial charge is 0.480 e.